The van der Waals surface area contributed by atoms with E-state index in [-0.39, 0.29) is 0 Å². The van der Waals surface area contributed by atoms with Gasteiger partial charge in [-0.15, -0.1) is 0 Å². The zero-order valence-corrected chi connectivity index (χ0v) is 17.4. The fourth-order valence-corrected chi connectivity index (χ4v) is 4.92. The molecule has 2 aliphatic rings. The molecule has 0 spiro atoms. The molecule has 1 saturated carbocycles. The molecule has 5 rings (SSSR count). The number of hydrogen-bond acceptors (Lipinski definition) is 5. The van der Waals surface area contributed by atoms with E-state index in [0.717, 1.165) is 29.9 Å². The molecule has 1 atom stereocenters. The topological polar surface area (TPSA) is 60.9 Å². The van der Waals surface area contributed by atoms with Gasteiger partial charge in [-0.1, -0.05) is 25.3 Å². The van der Waals surface area contributed by atoms with E-state index >= 15 is 0 Å². The summed E-state index contributed by atoms with van der Waals surface area (Å²) < 4.78 is 0. The van der Waals surface area contributed by atoms with Crippen molar-refractivity contribution in [1.82, 2.24) is 25.1 Å². The molecule has 29 heavy (non-hydrogen) atoms. The van der Waals surface area contributed by atoms with E-state index in [1.807, 2.05) is 12.4 Å². The van der Waals surface area contributed by atoms with E-state index in [1.165, 1.54) is 55.3 Å². The first-order valence-corrected chi connectivity index (χ1v) is 10.9. The van der Waals surface area contributed by atoms with E-state index in [2.05, 4.69) is 57.3 Å². The number of anilines is 1. The van der Waals surface area contributed by atoms with Crippen molar-refractivity contribution in [3.8, 4) is 11.1 Å². The van der Waals surface area contributed by atoms with Gasteiger partial charge in [0.15, 0.2) is 0 Å². The van der Waals surface area contributed by atoms with Gasteiger partial charge < -0.3 is 9.80 Å². The maximum Gasteiger partial charge on any atom is 0.147 e. The molecule has 2 aromatic heterocycles. The average Bonchev–Trinajstić information content (AvgIpc) is 3.44. The van der Waals surface area contributed by atoms with Crippen LogP contribution in [-0.2, 0) is 0 Å². The molecular formula is C23H30N6. The molecule has 0 bridgehead atoms. The number of benzene rings is 1. The van der Waals surface area contributed by atoms with Gasteiger partial charge in [0.1, 0.15) is 5.82 Å². The third kappa shape index (κ3) is 3.62. The van der Waals surface area contributed by atoms with E-state index in [4.69, 9.17) is 4.98 Å². The van der Waals surface area contributed by atoms with Crippen LogP contribution < -0.4 is 4.90 Å². The summed E-state index contributed by atoms with van der Waals surface area (Å²) in [6, 6.07) is 7.02. The average molecular weight is 391 g/mol. The highest BCUT2D eigenvalue weighted by atomic mass is 15.3. The molecule has 6 nitrogen and oxygen atoms in total. The molecule has 1 aliphatic carbocycles. The minimum absolute atomic E-state index is 0.586. The number of nitrogens with zero attached hydrogens (tertiary/aromatic N) is 5. The Morgan fingerprint density at radius 2 is 1.90 bits per heavy atom. The number of aromatic nitrogens is 4. The predicted octanol–water partition coefficient (Wildman–Crippen LogP) is 4.21. The number of nitrogens with one attached hydrogen (secondary N) is 1. The Kier molecular flexibility index (Phi) is 4.96. The van der Waals surface area contributed by atoms with E-state index < -0.39 is 0 Å². The van der Waals surface area contributed by atoms with Crippen LogP contribution in [0.1, 0.15) is 50.1 Å². The highest BCUT2D eigenvalue weighted by molar-refractivity contribution is 5.82. The van der Waals surface area contributed by atoms with Crippen LogP contribution >= 0.6 is 0 Å². The molecular weight excluding hydrogens is 360 g/mol. The number of H-pyrrole nitrogens is 1. The van der Waals surface area contributed by atoms with Crippen LogP contribution in [0.2, 0.25) is 0 Å². The van der Waals surface area contributed by atoms with Gasteiger partial charge in [-0.3, -0.25) is 10.1 Å². The lowest BCUT2D eigenvalue weighted by atomic mass is 9.84. The molecule has 3 aromatic rings. The van der Waals surface area contributed by atoms with Crippen LogP contribution in [0.4, 0.5) is 5.82 Å². The molecule has 1 aromatic carbocycles. The van der Waals surface area contributed by atoms with Crippen LogP contribution in [0.15, 0.2) is 30.6 Å². The third-order valence-corrected chi connectivity index (χ3v) is 6.74. The Morgan fingerprint density at radius 3 is 2.69 bits per heavy atom. The smallest absolute Gasteiger partial charge is 0.147 e. The molecule has 0 amide bonds. The lowest BCUT2D eigenvalue weighted by molar-refractivity contribution is 0.315. The first-order valence-electron chi connectivity index (χ1n) is 10.9. The van der Waals surface area contributed by atoms with Crippen LogP contribution in [0, 0.1) is 0 Å². The Morgan fingerprint density at radius 1 is 1.03 bits per heavy atom. The Balaban J connectivity index is 1.45. The normalized spacial score (nSPS) is 20.8. The van der Waals surface area contributed by atoms with Gasteiger partial charge in [0, 0.05) is 36.3 Å². The van der Waals surface area contributed by atoms with Crippen LogP contribution in [-0.4, -0.2) is 58.3 Å². The molecule has 3 heterocycles. The Bertz CT molecular complexity index is 988. The van der Waals surface area contributed by atoms with Crippen LogP contribution in [0.25, 0.3) is 22.2 Å². The first kappa shape index (κ1) is 18.6. The van der Waals surface area contributed by atoms with Gasteiger partial charge in [0.05, 0.1) is 23.4 Å². The third-order valence-electron chi connectivity index (χ3n) is 6.74. The van der Waals surface area contributed by atoms with E-state index in [1.54, 1.807) is 0 Å². The highest BCUT2D eigenvalue weighted by Crippen LogP contribution is 2.37. The largest absolute Gasteiger partial charge is 0.354 e. The zero-order valence-electron chi connectivity index (χ0n) is 17.4. The Hall–Kier alpha value is -2.47. The lowest BCUT2D eigenvalue weighted by Gasteiger charge is -2.22. The van der Waals surface area contributed by atoms with Crippen molar-refractivity contribution in [3.05, 3.63) is 36.3 Å². The fraction of sp³-hybridized carbons (Fsp3) is 0.522. The molecule has 152 valence electrons. The summed E-state index contributed by atoms with van der Waals surface area (Å²) in [6.07, 6.45) is 11.6. The maximum atomic E-state index is 4.98. The highest BCUT2D eigenvalue weighted by Gasteiger charge is 2.25. The van der Waals surface area contributed by atoms with Crippen molar-refractivity contribution in [2.45, 2.75) is 50.5 Å². The molecule has 2 fully saturated rings. The second kappa shape index (κ2) is 7.75. The minimum Gasteiger partial charge on any atom is -0.354 e. The van der Waals surface area contributed by atoms with Gasteiger partial charge in [-0.05, 0) is 51.1 Å². The lowest BCUT2D eigenvalue weighted by Crippen LogP contribution is -2.31. The van der Waals surface area contributed by atoms with Crippen molar-refractivity contribution in [3.63, 3.8) is 0 Å². The van der Waals surface area contributed by atoms with Gasteiger partial charge in [-0.25, -0.2) is 4.98 Å². The van der Waals surface area contributed by atoms with Gasteiger partial charge in [-0.2, -0.15) is 5.10 Å². The summed E-state index contributed by atoms with van der Waals surface area (Å²) >= 11 is 0. The second-order valence-electron chi connectivity index (χ2n) is 8.82. The first-order chi connectivity index (χ1) is 14.2. The molecule has 1 saturated heterocycles. The standard InChI is InChI=1S/C23H30N6/c1-28(2)18-10-11-29(15-18)22-14-24-20-9-8-17(12-21(20)26-22)19-13-25-27-23(19)16-6-4-3-5-7-16/h8-9,12-14,16,18H,3-7,10-11,15H2,1-2H3,(H,25,27). The number of aromatic amines is 1. The van der Waals surface area contributed by atoms with E-state index in [0.29, 0.717) is 12.0 Å². The predicted molar refractivity (Wildman–Crippen MR) is 117 cm³/mol. The van der Waals surface area contributed by atoms with Crippen molar-refractivity contribution in [2.75, 3.05) is 32.1 Å². The SMILES string of the molecule is CN(C)C1CCN(c2cnc3ccc(-c4cn[nH]c4C4CCCCC4)cc3n2)C1. The minimum atomic E-state index is 0.586. The number of likely N-dealkylation sites (N-methyl/N-ethyl adjacent to an activating group) is 1. The maximum absolute atomic E-state index is 4.98. The summed E-state index contributed by atoms with van der Waals surface area (Å²) in [5, 5.41) is 7.68. The van der Waals surface area contributed by atoms with Gasteiger partial charge >= 0.3 is 0 Å². The quantitative estimate of drug-likeness (QED) is 0.723. The molecule has 1 aliphatic heterocycles. The molecule has 6 heteroatoms. The van der Waals surface area contributed by atoms with Crippen molar-refractivity contribution in [2.24, 2.45) is 0 Å². The zero-order chi connectivity index (χ0) is 19.8. The summed E-state index contributed by atoms with van der Waals surface area (Å²) in [6.45, 7) is 2.05. The molecule has 1 unspecified atom stereocenters. The van der Waals surface area contributed by atoms with Gasteiger partial charge in [0.2, 0.25) is 0 Å². The fourth-order valence-electron chi connectivity index (χ4n) is 4.92. The van der Waals surface area contributed by atoms with E-state index in [9.17, 15) is 0 Å². The van der Waals surface area contributed by atoms with Crippen LogP contribution in [0.5, 0.6) is 0 Å². The molecule has 1 N–H and O–H groups in total. The van der Waals surface area contributed by atoms with Gasteiger partial charge in [0.25, 0.3) is 0 Å². The number of hydrogen-bond donors (Lipinski definition) is 1. The number of fused-ring (bicyclic) bond motifs is 1. The summed E-state index contributed by atoms with van der Waals surface area (Å²) in [7, 11) is 4.31. The number of rotatable bonds is 4. The van der Waals surface area contributed by atoms with Crippen molar-refractivity contribution < 1.29 is 0 Å². The summed E-state index contributed by atoms with van der Waals surface area (Å²) in [5.74, 6) is 1.58. The van der Waals surface area contributed by atoms with Crippen LogP contribution in [0.3, 0.4) is 0 Å². The monoisotopic (exact) mass is 390 g/mol. The summed E-state index contributed by atoms with van der Waals surface area (Å²) in [4.78, 5) is 14.3. The summed E-state index contributed by atoms with van der Waals surface area (Å²) in [5.41, 5.74) is 5.61. The Labute approximate surface area is 172 Å². The van der Waals surface area contributed by atoms with Crippen molar-refractivity contribution >= 4 is 16.9 Å². The van der Waals surface area contributed by atoms with Crippen molar-refractivity contribution in [1.29, 1.82) is 0 Å². The molecule has 0 radical (unpaired) electrons. The second-order valence-corrected chi connectivity index (χ2v) is 8.82.